The summed E-state index contributed by atoms with van der Waals surface area (Å²) in [7, 11) is 1.49. The van der Waals surface area contributed by atoms with Crippen LogP contribution < -0.4 is 15.2 Å². The van der Waals surface area contributed by atoms with Gasteiger partial charge in [-0.2, -0.15) is 0 Å². The second kappa shape index (κ2) is 6.92. The Kier molecular flexibility index (Phi) is 4.71. The SMILES string of the molecule is COc1cc(C(=O)N2CCc3sccc3C2)ccc1OCC(N)=O. The van der Waals surface area contributed by atoms with Crippen LogP contribution >= 0.6 is 11.3 Å². The van der Waals surface area contributed by atoms with Gasteiger partial charge in [-0.15, -0.1) is 11.3 Å². The van der Waals surface area contributed by atoms with Crippen molar-refractivity contribution in [3.63, 3.8) is 0 Å². The number of rotatable bonds is 5. The molecular formula is C17H18N2O4S. The number of hydrogen-bond acceptors (Lipinski definition) is 5. The summed E-state index contributed by atoms with van der Waals surface area (Å²) in [5.41, 5.74) is 6.81. The molecule has 2 heterocycles. The molecule has 0 spiro atoms. The van der Waals surface area contributed by atoms with Gasteiger partial charge < -0.3 is 20.1 Å². The molecule has 2 aromatic rings. The maximum absolute atomic E-state index is 12.7. The van der Waals surface area contributed by atoms with Crippen LogP contribution in [0.4, 0.5) is 0 Å². The van der Waals surface area contributed by atoms with Crippen LogP contribution in [0.25, 0.3) is 0 Å². The van der Waals surface area contributed by atoms with E-state index in [1.807, 2.05) is 4.90 Å². The Balaban J connectivity index is 1.77. The Labute approximate surface area is 143 Å². The van der Waals surface area contributed by atoms with Crippen molar-refractivity contribution in [2.24, 2.45) is 5.73 Å². The second-order valence-corrected chi connectivity index (χ2v) is 6.47. The van der Waals surface area contributed by atoms with E-state index in [4.69, 9.17) is 15.2 Å². The first kappa shape index (κ1) is 16.3. The van der Waals surface area contributed by atoms with Crippen LogP contribution in [0, 0.1) is 0 Å². The Morgan fingerprint density at radius 2 is 2.12 bits per heavy atom. The van der Waals surface area contributed by atoms with Crippen molar-refractivity contribution in [3.05, 3.63) is 45.6 Å². The van der Waals surface area contributed by atoms with Gasteiger partial charge in [-0.1, -0.05) is 0 Å². The second-order valence-electron chi connectivity index (χ2n) is 5.47. The molecule has 1 aromatic carbocycles. The van der Waals surface area contributed by atoms with E-state index in [0.29, 0.717) is 30.2 Å². The highest BCUT2D eigenvalue weighted by molar-refractivity contribution is 7.10. The number of nitrogens with two attached hydrogens (primary N) is 1. The Morgan fingerprint density at radius 1 is 1.29 bits per heavy atom. The molecule has 0 radical (unpaired) electrons. The van der Waals surface area contributed by atoms with Crippen molar-refractivity contribution in [1.29, 1.82) is 0 Å². The van der Waals surface area contributed by atoms with Gasteiger partial charge in [0.25, 0.3) is 11.8 Å². The van der Waals surface area contributed by atoms with E-state index in [9.17, 15) is 9.59 Å². The Morgan fingerprint density at radius 3 is 2.88 bits per heavy atom. The summed E-state index contributed by atoms with van der Waals surface area (Å²) in [6, 6.07) is 6.99. The van der Waals surface area contributed by atoms with Crippen LogP contribution in [-0.4, -0.2) is 37.0 Å². The number of methoxy groups -OCH3 is 1. The van der Waals surface area contributed by atoms with Gasteiger partial charge in [0.05, 0.1) is 7.11 Å². The molecule has 0 saturated heterocycles. The van der Waals surface area contributed by atoms with Gasteiger partial charge in [0.2, 0.25) is 0 Å². The summed E-state index contributed by atoms with van der Waals surface area (Å²) in [6.07, 6.45) is 0.885. The van der Waals surface area contributed by atoms with Crippen molar-refractivity contribution in [2.45, 2.75) is 13.0 Å². The van der Waals surface area contributed by atoms with Crippen molar-refractivity contribution >= 4 is 23.2 Å². The number of hydrogen-bond donors (Lipinski definition) is 1. The lowest BCUT2D eigenvalue weighted by Gasteiger charge is -2.27. The fourth-order valence-electron chi connectivity index (χ4n) is 2.67. The normalized spacial score (nSPS) is 13.3. The molecule has 126 valence electrons. The minimum Gasteiger partial charge on any atom is -0.493 e. The zero-order valence-corrected chi connectivity index (χ0v) is 14.1. The quantitative estimate of drug-likeness (QED) is 0.895. The van der Waals surface area contributed by atoms with E-state index in [0.717, 1.165) is 6.42 Å². The minimum atomic E-state index is -0.572. The average molecular weight is 346 g/mol. The van der Waals surface area contributed by atoms with Crippen LogP contribution in [0.5, 0.6) is 11.5 Å². The number of benzene rings is 1. The molecule has 2 amide bonds. The first-order valence-corrected chi connectivity index (χ1v) is 8.40. The van der Waals surface area contributed by atoms with Gasteiger partial charge >= 0.3 is 0 Å². The lowest BCUT2D eigenvalue weighted by molar-refractivity contribution is -0.119. The van der Waals surface area contributed by atoms with Crippen LogP contribution in [0.3, 0.4) is 0 Å². The molecule has 0 aliphatic carbocycles. The van der Waals surface area contributed by atoms with Crippen molar-refractivity contribution < 1.29 is 19.1 Å². The molecule has 2 N–H and O–H groups in total. The van der Waals surface area contributed by atoms with E-state index < -0.39 is 5.91 Å². The zero-order valence-electron chi connectivity index (χ0n) is 13.3. The van der Waals surface area contributed by atoms with Crippen LogP contribution in [0.15, 0.2) is 29.6 Å². The molecule has 1 aliphatic rings. The van der Waals surface area contributed by atoms with E-state index >= 15 is 0 Å². The molecule has 0 fully saturated rings. The molecule has 6 nitrogen and oxygen atoms in total. The fraction of sp³-hybridized carbons (Fsp3) is 0.294. The molecule has 0 saturated carbocycles. The third-order valence-electron chi connectivity index (χ3n) is 3.88. The van der Waals surface area contributed by atoms with Crippen LogP contribution in [0.2, 0.25) is 0 Å². The minimum absolute atomic E-state index is 0.0494. The Bertz CT molecular complexity index is 772. The number of nitrogens with zero attached hydrogens (tertiary/aromatic N) is 1. The highest BCUT2D eigenvalue weighted by Gasteiger charge is 2.23. The van der Waals surface area contributed by atoms with E-state index in [2.05, 4.69) is 11.4 Å². The molecule has 3 rings (SSSR count). The first-order chi connectivity index (χ1) is 11.6. The summed E-state index contributed by atoms with van der Waals surface area (Å²) in [6.45, 7) is 1.09. The monoisotopic (exact) mass is 346 g/mol. The predicted molar refractivity (Wildman–Crippen MR) is 90.4 cm³/mol. The summed E-state index contributed by atoms with van der Waals surface area (Å²) in [4.78, 5) is 26.7. The van der Waals surface area contributed by atoms with E-state index in [1.165, 1.54) is 17.6 Å². The summed E-state index contributed by atoms with van der Waals surface area (Å²) in [5.74, 6) is 0.158. The number of carbonyl (C=O) groups excluding carboxylic acids is 2. The summed E-state index contributed by atoms with van der Waals surface area (Å²) < 4.78 is 10.5. The topological polar surface area (TPSA) is 81.9 Å². The molecule has 24 heavy (non-hydrogen) atoms. The van der Waals surface area contributed by atoms with Crippen molar-refractivity contribution in [2.75, 3.05) is 20.3 Å². The van der Waals surface area contributed by atoms with Gasteiger partial charge in [-0.05, 0) is 41.6 Å². The van der Waals surface area contributed by atoms with Gasteiger partial charge in [0.1, 0.15) is 0 Å². The average Bonchev–Trinajstić information content (AvgIpc) is 3.06. The van der Waals surface area contributed by atoms with Gasteiger partial charge in [-0.3, -0.25) is 9.59 Å². The van der Waals surface area contributed by atoms with Gasteiger partial charge in [0.15, 0.2) is 18.1 Å². The maximum atomic E-state index is 12.7. The molecule has 0 unspecified atom stereocenters. The number of thiophene rings is 1. The highest BCUT2D eigenvalue weighted by Crippen LogP contribution is 2.30. The van der Waals surface area contributed by atoms with Crippen molar-refractivity contribution in [3.8, 4) is 11.5 Å². The zero-order chi connectivity index (χ0) is 17.1. The predicted octanol–water partition coefficient (Wildman–Crippen LogP) is 1.82. The number of carbonyl (C=O) groups is 2. The molecular weight excluding hydrogens is 328 g/mol. The number of amides is 2. The first-order valence-electron chi connectivity index (χ1n) is 7.52. The highest BCUT2D eigenvalue weighted by atomic mass is 32.1. The summed E-state index contributed by atoms with van der Waals surface area (Å²) in [5, 5.41) is 2.06. The molecule has 0 bridgehead atoms. The van der Waals surface area contributed by atoms with E-state index in [-0.39, 0.29) is 12.5 Å². The standard InChI is InChI=1S/C17H18N2O4S/c1-22-14-8-11(2-3-13(14)23-10-16(18)20)17(21)19-6-4-15-12(9-19)5-7-24-15/h2-3,5,7-8H,4,6,9-10H2,1H3,(H2,18,20). The third kappa shape index (κ3) is 3.35. The Hall–Kier alpha value is -2.54. The number of ether oxygens (including phenoxy) is 2. The summed E-state index contributed by atoms with van der Waals surface area (Å²) >= 11 is 1.74. The number of fused-ring (bicyclic) bond motifs is 1. The lowest BCUT2D eigenvalue weighted by atomic mass is 10.1. The third-order valence-corrected chi connectivity index (χ3v) is 4.90. The smallest absolute Gasteiger partial charge is 0.255 e. The van der Waals surface area contributed by atoms with Crippen LogP contribution in [0.1, 0.15) is 20.8 Å². The van der Waals surface area contributed by atoms with Gasteiger partial charge in [0, 0.05) is 23.5 Å². The molecule has 1 aliphatic heterocycles. The number of primary amides is 1. The van der Waals surface area contributed by atoms with Gasteiger partial charge in [-0.25, -0.2) is 0 Å². The lowest BCUT2D eigenvalue weighted by Crippen LogP contribution is -2.35. The molecule has 7 heteroatoms. The van der Waals surface area contributed by atoms with Crippen molar-refractivity contribution in [1.82, 2.24) is 4.90 Å². The van der Waals surface area contributed by atoms with E-state index in [1.54, 1.807) is 29.5 Å². The fourth-order valence-corrected chi connectivity index (χ4v) is 3.56. The largest absolute Gasteiger partial charge is 0.493 e. The molecule has 0 atom stereocenters. The molecule has 1 aromatic heterocycles. The van der Waals surface area contributed by atoms with Crippen LogP contribution in [-0.2, 0) is 17.8 Å². The maximum Gasteiger partial charge on any atom is 0.255 e.